The number of Topliss-reactive ketones (excluding diaryl/α,β-unsaturated/α-hetero) is 2. The van der Waals surface area contributed by atoms with E-state index in [9.17, 15) is 9.59 Å². The molecule has 4 aliphatic rings. The summed E-state index contributed by atoms with van der Waals surface area (Å²) in [6.45, 7) is 16.2. The number of rotatable bonds is 5. The zero-order chi connectivity index (χ0) is 22.8. The van der Waals surface area contributed by atoms with Crippen molar-refractivity contribution >= 4 is 11.6 Å². The first-order valence-corrected chi connectivity index (χ1v) is 13.2. The van der Waals surface area contributed by atoms with Gasteiger partial charge in [-0.2, -0.15) is 0 Å². The highest BCUT2D eigenvalue weighted by molar-refractivity contribution is 5.89. The molecule has 7 atom stereocenters. The zero-order valence-corrected chi connectivity index (χ0v) is 21.2. The topological polar surface area (TPSA) is 34.1 Å². The van der Waals surface area contributed by atoms with E-state index in [-0.39, 0.29) is 22.2 Å². The SMILES string of the molecule is CC(C)CCC[C@@H](C)[C@H]1C(=O)C[C@H]2[C@@H]3CC=C4C(C)(C)C(=O)CC[C@]4(C)[C@H]3CC[C@]12C. The van der Waals surface area contributed by atoms with Crippen molar-refractivity contribution in [1.82, 2.24) is 0 Å². The van der Waals surface area contributed by atoms with E-state index in [0.717, 1.165) is 31.6 Å². The molecular weight excluding hydrogens is 380 g/mol. The molecule has 4 aliphatic carbocycles. The van der Waals surface area contributed by atoms with Gasteiger partial charge in [0.1, 0.15) is 11.6 Å². The summed E-state index contributed by atoms with van der Waals surface area (Å²) >= 11 is 0. The molecule has 0 spiro atoms. The molecular formula is C29H46O2. The van der Waals surface area contributed by atoms with Crippen LogP contribution in [0.4, 0.5) is 0 Å². The summed E-state index contributed by atoms with van der Waals surface area (Å²) in [6.07, 6.45) is 12.2. The number of fused-ring (bicyclic) bond motifs is 5. The van der Waals surface area contributed by atoms with Gasteiger partial charge in [0.25, 0.3) is 0 Å². The molecule has 0 saturated heterocycles. The summed E-state index contributed by atoms with van der Waals surface area (Å²) in [5.41, 5.74) is 1.43. The minimum atomic E-state index is -0.308. The molecule has 0 bridgehead atoms. The molecule has 0 N–H and O–H groups in total. The fourth-order valence-electron chi connectivity index (χ4n) is 9.03. The fraction of sp³-hybridized carbons (Fsp3) is 0.862. The van der Waals surface area contributed by atoms with Crippen LogP contribution in [-0.4, -0.2) is 11.6 Å². The maximum Gasteiger partial charge on any atom is 0.142 e. The van der Waals surface area contributed by atoms with E-state index < -0.39 is 0 Å². The third-order valence-electron chi connectivity index (χ3n) is 10.6. The second kappa shape index (κ2) is 7.84. The van der Waals surface area contributed by atoms with E-state index in [4.69, 9.17) is 0 Å². The van der Waals surface area contributed by atoms with E-state index in [1.165, 1.54) is 37.7 Å². The third-order valence-corrected chi connectivity index (χ3v) is 10.6. The number of carbonyl (C=O) groups is 2. The molecule has 0 aromatic heterocycles. The Bertz CT molecular complexity index is 774. The monoisotopic (exact) mass is 426 g/mol. The van der Waals surface area contributed by atoms with Crippen molar-refractivity contribution in [3.05, 3.63) is 11.6 Å². The Balaban J connectivity index is 1.59. The molecule has 2 heteroatoms. The number of ketones is 2. The number of carbonyl (C=O) groups excluding carboxylic acids is 2. The van der Waals surface area contributed by atoms with Crippen LogP contribution in [0.25, 0.3) is 0 Å². The predicted molar refractivity (Wildman–Crippen MR) is 128 cm³/mol. The first kappa shape index (κ1) is 23.2. The van der Waals surface area contributed by atoms with Gasteiger partial charge in [0, 0.05) is 24.2 Å². The van der Waals surface area contributed by atoms with Crippen molar-refractivity contribution in [2.24, 2.45) is 51.8 Å². The van der Waals surface area contributed by atoms with Crippen molar-refractivity contribution < 1.29 is 9.59 Å². The van der Waals surface area contributed by atoms with E-state index in [1.54, 1.807) is 0 Å². The number of hydrogen-bond donors (Lipinski definition) is 0. The van der Waals surface area contributed by atoms with Crippen LogP contribution in [0.15, 0.2) is 11.6 Å². The molecule has 3 fully saturated rings. The molecule has 4 rings (SSSR count). The van der Waals surface area contributed by atoms with Crippen LogP contribution < -0.4 is 0 Å². The summed E-state index contributed by atoms with van der Waals surface area (Å²) < 4.78 is 0. The van der Waals surface area contributed by atoms with Gasteiger partial charge in [0.2, 0.25) is 0 Å². The molecule has 0 unspecified atom stereocenters. The Labute approximate surface area is 191 Å². The van der Waals surface area contributed by atoms with Crippen LogP contribution in [-0.2, 0) is 9.59 Å². The highest BCUT2D eigenvalue weighted by atomic mass is 16.1. The Morgan fingerprint density at radius 3 is 2.39 bits per heavy atom. The molecule has 31 heavy (non-hydrogen) atoms. The lowest BCUT2D eigenvalue weighted by Crippen LogP contribution is -2.53. The summed E-state index contributed by atoms with van der Waals surface area (Å²) in [7, 11) is 0. The van der Waals surface area contributed by atoms with E-state index in [2.05, 4.69) is 54.5 Å². The number of allylic oxidation sites excluding steroid dienone is 2. The van der Waals surface area contributed by atoms with Gasteiger partial charge < -0.3 is 0 Å². The lowest BCUT2D eigenvalue weighted by molar-refractivity contribution is -0.132. The molecule has 2 nitrogen and oxygen atoms in total. The molecule has 174 valence electrons. The quantitative estimate of drug-likeness (QED) is 0.429. The van der Waals surface area contributed by atoms with E-state index in [1.807, 2.05) is 0 Å². The first-order valence-electron chi connectivity index (χ1n) is 13.2. The van der Waals surface area contributed by atoms with Gasteiger partial charge in [-0.25, -0.2) is 0 Å². The van der Waals surface area contributed by atoms with Crippen molar-refractivity contribution in [3.8, 4) is 0 Å². The van der Waals surface area contributed by atoms with Gasteiger partial charge in [-0.15, -0.1) is 0 Å². The number of hydrogen-bond acceptors (Lipinski definition) is 2. The minimum absolute atomic E-state index is 0.145. The van der Waals surface area contributed by atoms with Crippen LogP contribution in [0.5, 0.6) is 0 Å². The van der Waals surface area contributed by atoms with E-state index >= 15 is 0 Å². The average molecular weight is 427 g/mol. The third kappa shape index (κ3) is 3.50. The molecule has 3 saturated carbocycles. The van der Waals surface area contributed by atoms with Crippen molar-refractivity contribution in [2.45, 2.75) is 106 Å². The standard InChI is InChI=1S/C29H46O2/c1-18(2)9-8-10-19(3)26-23(30)17-22-20-11-12-24-27(4,5)25(31)14-16-28(24,6)21(20)13-15-29(22,26)7/h12,18-22,26H,8-11,13-17H2,1-7H3/t19-,20-,21+,22+,26+,28-,29+/m1/s1. The summed E-state index contributed by atoms with van der Waals surface area (Å²) in [5, 5.41) is 0. The minimum Gasteiger partial charge on any atom is -0.299 e. The largest absolute Gasteiger partial charge is 0.299 e. The summed E-state index contributed by atoms with van der Waals surface area (Å²) in [5.74, 6) is 4.29. The van der Waals surface area contributed by atoms with Crippen LogP contribution in [0.2, 0.25) is 0 Å². The summed E-state index contributed by atoms with van der Waals surface area (Å²) in [4.78, 5) is 26.1. The average Bonchev–Trinajstić information content (AvgIpc) is 2.95. The maximum absolute atomic E-state index is 13.4. The normalized spacial score (nSPS) is 42.6. The molecule has 0 amide bonds. The smallest absolute Gasteiger partial charge is 0.142 e. The van der Waals surface area contributed by atoms with Gasteiger partial charge in [0.15, 0.2) is 0 Å². The maximum atomic E-state index is 13.4. The Morgan fingerprint density at radius 2 is 1.71 bits per heavy atom. The fourth-order valence-corrected chi connectivity index (χ4v) is 9.03. The Hall–Kier alpha value is -0.920. The molecule has 0 heterocycles. The van der Waals surface area contributed by atoms with Gasteiger partial charge in [0.05, 0.1) is 0 Å². The van der Waals surface area contributed by atoms with Crippen LogP contribution >= 0.6 is 0 Å². The second-order valence-corrected chi connectivity index (χ2v) is 13.2. The van der Waals surface area contributed by atoms with Gasteiger partial charge in [-0.05, 0) is 86.4 Å². The molecule has 0 aromatic carbocycles. The highest BCUT2D eigenvalue weighted by Crippen LogP contribution is 2.68. The van der Waals surface area contributed by atoms with Crippen molar-refractivity contribution in [2.75, 3.05) is 0 Å². The lowest BCUT2D eigenvalue weighted by Gasteiger charge is -2.59. The highest BCUT2D eigenvalue weighted by Gasteiger charge is 2.63. The molecule has 0 aliphatic heterocycles. The first-order chi connectivity index (χ1) is 14.4. The van der Waals surface area contributed by atoms with Gasteiger partial charge >= 0.3 is 0 Å². The van der Waals surface area contributed by atoms with Crippen LogP contribution in [0.3, 0.4) is 0 Å². The zero-order valence-electron chi connectivity index (χ0n) is 21.2. The Morgan fingerprint density at radius 1 is 1.00 bits per heavy atom. The lowest BCUT2D eigenvalue weighted by atomic mass is 9.44. The molecule has 0 radical (unpaired) electrons. The predicted octanol–water partition coefficient (Wildman–Crippen LogP) is 7.41. The van der Waals surface area contributed by atoms with E-state index in [0.29, 0.717) is 35.2 Å². The Kier molecular flexibility index (Phi) is 5.88. The summed E-state index contributed by atoms with van der Waals surface area (Å²) in [6, 6.07) is 0. The van der Waals surface area contributed by atoms with Crippen molar-refractivity contribution in [1.29, 1.82) is 0 Å². The molecule has 0 aromatic rings. The van der Waals surface area contributed by atoms with Gasteiger partial charge in [-0.1, -0.05) is 59.1 Å². The van der Waals surface area contributed by atoms with Gasteiger partial charge in [-0.3, -0.25) is 9.59 Å². The second-order valence-electron chi connectivity index (χ2n) is 13.2. The van der Waals surface area contributed by atoms with Crippen molar-refractivity contribution in [3.63, 3.8) is 0 Å². The van der Waals surface area contributed by atoms with Crippen LogP contribution in [0.1, 0.15) is 106 Å². The van der Waals surface area contributed by atoms with Crippen LogP contribution in [0, 0.1) is 51.8 Å².